The molecule has 4 rings (SSSR count). The van der Waals surface area contributed by atoms with Crippen molar-refractivity contribution in [2.45, 2.75) is 13.5 Å². The molecule has 7 nitrogen and oxygen atoms in total. The fourth-order valence-electron chi connectivity index (χ4n) is 2.83. The minimum atomic E-state index is -0.299. The monoisotopic (exact) mass is 348 g/mol. The summed E-state index contributed by atoms with van der Waals surface area (Å²) in [7, 11) is 0. The lowest BCUT2D eigenvalue weighted by atomic mass is 10.1. The molecule has 2 aromatic carbocycles. The molecule has 0 bridgehead atoms. The van der Waals surface area contributed by atoms with E-state index in [1.807, 2.05) is 30.3 Å². The fraction of sp³-hybridized carbons (Fsp3) is 0.105. The second-order valence-corrected chi connectivity index (χ2v) is 6.02. The Hall–Kier alpha value is -3.61. The van der Waals surface area contributed by atoms with Crippen LogP contribution in [-0.4, -0.2) is 21.0 Å². The molecule has 0 aliphatic rings. The molecule has 0 radical (unpaired) electrons. The minimum absolute atomic E-state index is 0.168. The number of nitrogens with zero attached hydrogens (tertiary/aromatic N) is 2. The van der Waals surface area contributed by atoms with Gasteiger partial charge in [-0.05, 0) is 30.7 Å². The highest BCUT2D eigenvalue weighted by atomic mass is 16.5. The summed E-state index contributed by atoms with van der Waals surface area (Å²) in [5.41, 5.74) is 3.28. The van der Waals surface area contributed by atoms with E-state index in [0.29, 0.717) is 29.0 Å². The highest BCUT2D eigenvalue weighted by Crippen LogP contribution is 2.23. The summed E-state index contributed by atoms with van der Waals surface area (Å²) in [6.07, 6.45) is 0. The number of H-pyrrole nitrogens is 2. The molecular formula is C19H16N4O3. The van der Waals surface area contributed by atoms with Crippen molar-refractivity contribution >= 4 is 22.6 Å². The first-order valence-electron chi connectivity index (χ1n) is 8.11. The van der Waals surface area contributed by atoms with E-state index < -0.39 is 0 Å². The number of aromatic amines is 2. The third-order valence-corrected chi connectivity index (χ3v) is 4.08. The van der Waals surface area contributed by atoms with Gasteiger partial charge < -0.3 is 19.4 Å². The second kappa shape index (κ2) is 6.36. The maximum atomic E-state index is 13.0. The lowest BCUT2D eigenvalue weighted by molar-refractivity contribution is 0.0949. The van der Waals surface area contributed by atoms with Crippen LogP contribution in [0.15, 0.2) is 63.9 Å². The number of aromatic nitrogens is 3. The van der Waals surface area contributed by atoms with E-state index in [2.05, 4.69) is 15.1 Å². The zero-order valence-corrected chi connectivity index (χ0v) is 14.0. The maximum Gasteiger partial charge on any atom is 0.323 e. The van der Waals surface area contributed by atoms with Crippen LogP contribution in [0.3, 0.4) is 0 Å². The van der Waals surface area contributed by atoms with Gasteiger partial charge in [0.25, 0.3) is 5.91 Å². The predicted octanol–water partition coefficient (Wildman–Crippen LogP) is 3.00. The molecule has 0 spiro atoms. The molecule has 4 aromatic rings. The minimum Gasteiger partial charge on any atom is -0.351 e. The van der Waals surface area contributed by atoms with Crippen molar-refractivity contribution in [2.24, 2.45) is 0 Å². The quantitative estimate of drug-likeness (QED) is 0.593. The number of fused-ring (bicyclic) bond motifs is 1. The molecule has 26 heavy (non-hydrogen) atoms. The number of hydrogen-bond donors (Lipinski definition) is 2. The Balaban J connectivity index is 1.77. The van der Waals surface area contributed by atoms with E-state index in [1.165, 1.54) is 0 Å². The molecule has 2 N–H and O–H groups in total. The van der Waals surface area contributed by atoms with E-state index >= 15 is 0 Å². The average molecular weight is 348 g/mol. The molecule has 0 atom stereocenters. The van der Waals surface area contributed by atoms with Gasteiger partial charge in [-0.2, -0.15) is 0 Å². The topological polar surface area (TPSA) is 95.0 Å². The van der Waals surface area contributed by atoms with Crippen LogP contribution in [0.2, 0.25) is 0 Å². The number of nitrogens with one attached hydrogen (secondary N) is 2. The van der Waals surface area contributed by atoms with Crippen LogP contribution in [0.25, 0.3) is 11.0 Å². The van der Waals surface area contributed by atoms with E-state index in [1.54, 1.807) is 36.1 Å². The van der Waals surface area contributed by atoms with E-state index in [-0.39, 0.29) is 17.4 Å². The van der Waals surface area contributed by atoms with E-state index in [9.17, 15) is 9.59 Å². The summed E-state index contributed by atoms with van der Waals surface area (Å²) in [6.45, 7) is 2.12. The largest absolute Gasteiger partial charge is 0.351 e. The number of amides is 1. The number of benzene rings is 2. The van der Waals surface area contributed by atoms with Crippen molar-refractivity contribution < 1.29 is 9.32 Å². The SMILES string of the molecule is Cc1cc(C(=O)N(Cc2ccccc2)c2ccc3[nH]c(=O)[nH]c3c2)on1. The van der Waals surface area contributed by atoms with Crippen molar-refractivity contribution in [3.05, 3.63) is 82.1 Å². The van der Waals surface area contributed by atoms with Crippen molar-refractivity contribution in [1.82, 2.24) is 15.1 Å². The number of hydrogen-bond acceptors (Lipinski definition) is 4. The number of rotatable bonds is 4. The van der Waals surface area contributed by atoms with Gasteiger partial charge in [0, 0.05) is 11.8 Å². The summed E-state index contributed by atoms with van der Waals surface area (Å²) >= 11 is 0. The number of aryl methyl sites for hydroxylation is 1. The Morgan fingerprint density at radius 2 is 1.85 bits per heavy atom. The van der Waals surface area contributed by atoms with Gasteiger partial charge in [-0.25, -0.2) is 4.79 Å². The summed E-state index contributed by atoms with van der Waals surface area (Å²) in [4.78, 5) is 31.5. The molecule has 2 heterocycles. The Morgan fingerprint density at radius 1 is 1.08 bits per heavy atom. The van der Waals surface area contributed by atoms with Crippen LogP contribution in [0, 0.1) is 6.92 Å². The number of carbonyl (C=O) groups excluding carboxylic acids is 1. The zero-order chi connectivity index (χ0) is 18.1. The van der Waals surface area contributed by atoms with Crippen LogP contribution in [-0.2, 0) is 6.54 Å². The third-order valence-electron chi connectivity index (χ3n) is 4.08. The van der Waals surface area contributed by atoms with Gasteiger partial charge in [0.2, 0.25) is 5.76 Å². The number of anilines is 1. The van der Waals surface area contributed by atoms with Crippen molar-refractivity contribution in [3.8, 4) is 0 Å². The summed E-state index contributed by atoms with van der Waals surface area (Å²) in [5, 5.41) is 3.80. The summed E-state index contributed by atoms with van der Waals surface area (Å²) < 4.78 is 5.15. The molecule has 0 saturated carbocycles. The van der Waals surface area contributed by atoms with E-state index in [4.69, 9.17) is 4.52 Å². The summed E-state index contributed by atoms with van der Waals surface area (Å²) in [5.74, 6) is -0.132. The Kier molecular flexibility index (Phi) is 3.89. The van der Waals surface area contributed by atoms with Crippen LogP contribution < -0.4 is 10.6 Å². The van der Waals surface area contributed by atoms with Gasteiger partial charge >= 0.3 is 5.69 Å². The molecule has 0 fully saturated rings. The normalized spacial score (nSPS) is 11.0. The molecule has 0 aliphatic heterocycles. The Morgan fingerprint density at radius 3 is 2.58 bits per heavy atom. The van der Waals surface area contributed by atoms with Crippen molar-refractivity contribution in [2.75, 3.05) is 4.90 Å². The maximum absolute atomic E-state index is 13.0. The van der Waals surface area contributed by atoms with Crippen molar-refractivity contribution in [1.29, 1.82) is 0 Å². The standard InChI is InChI=1S/C19H16N4O3/c1-12-9-17(26-22-12)18(24)23(11-13-5-3-2-4-6-13)14-7-8-15-16(10-14)21-19(25)20-15/h2-10H,11H2,1H3,(H2,20,21,25). The molecular weight excluding hydrogens is 332 g/mol. The smallest absolute Gasteiger partial charge is 0.323 e. The highest BCUT2D eigenvalue weighted by molar-refractivity contribution is 6.04. The van der Waals surface area contributed by atoms with Gasteiger partial charge in [0.05, 0.1) is 23.3 Å². The van der Waals surface area contributed by atoms with Gasteiger partial charge in [-0.3, -0.25) is 4.79 Å². The summed E-state index contributed by atoms with van der Waals surface area (Å²) in [6, 6.07) is 16.6. The number of carbonyl (C=O) groups is 1. The lowest BCUT2D eigenvalue weighted by Gasteiger charge is -2.22. The van der Waals surface area contributed by atoms with Gasteiger partial charge in [-0.1, -0.05) is 35.5 Å². The molecule has 130 valence electrons. The van der Waals surface area contributed by atoms with Gasteiger partial charge in [-0.15, -0.1) is 0 Å². The third kappa shape index (κ3) is 3.02. The van der Waals surface area contributed by atoms with Crippen molar-refractivity contribution in [3.63, 3.8) is 0 Å². The van der Waals surface area contributed by atoms with E-state index in [0.717, 1.165) is 5.56 Å². The van der Waals surface area contributed by atoms with Crippen LogP contribution in [0.5, 0.6) is 0 Å². The number of imidazole rings is 1. The Labute approximate surface area is 148 Å². The first-order chi connectivity index (χ1) is 12.6. The van der Waals surface area contributed by atoms with Gasteiger partial charge in [0.1, 0.15) is 0 Å². The van der Waals surface area contributed by atoms with Crippen LogP contribution in [0.1, 0.15) is 21.8 Å². The molecule has 7 heteroatoms. The van der Waals surface area contributed by atoms with Crippen LogP contribution >= 0.6 is 0 Å². The fourth-order valence-corrected chi connectivity index (χ4v) is 2.83. The average Bonchev–Trinajstić information content (AvgIpc) is 3.24. The highest BCUT2D eigenvalue weighted by Gasteiger charge is 2.22. The molecule has 0 saturated heterocycles. The molecule has 2 aromatic heterocycles. The molecule has 1 amide bonds. The zero-order valence-electron chi connectivity index (χ0n) is 14.0. The Bertz CT molecular complexity index is 1120. The predicted molar refractivity (Wildman–Crippen MR) is 97.1 cm³/mol. The van der Waals surface area contributed by atoms with Gasteiger partial charge in [0.15, 0.2) is 0 Å². The second-order valence-electron chi connectivity index (χ2n) is 6.02. The first-order valence-corrected chi connectivity index (χ1v) is 8.11. The molecule has 0 aliphatic carbocycles. The van der Waals surface area contributed by atoms with Crippen LogP contribution in [0.4, 0.5) is 5.69 Å². The molecule has 0 unspecified atom stereocenters. The first kappa shape index (κ1) is 15.9. The lowest BCUT2D eigenvalue weighted by Crippen LogP contribution is -2.30.